The fourth-order valence-corrected chi connectivity index (χ4v) is 2.72. The Morgan fingerprint density at radius 2 is 1.64 bits per heavy atom. The highest BCUT2D eigenvalue weighted by molar-refractivity contribution is 6.39. The zero-order valence-electron chi connectivity index (χ0n) is 17.7. The lowest BCUT2D eigenvalue weighted by Gasteiger charge is -2.13. The van der Waals surface area contributed by atoms with Crippen LogP contribution in [0.15, 0.2) is 71.8 Å². The van der Waals surface area contributed by atoms with E-state index in [0.29, 0.717) is 29.2 Å². The maximum atomic E-state index is 13.8. The molecule has 0 radical (unpaired) electrons. The van der Waals surface area contributed by atoms with Gasteiger partial charge in [0.2, 0.25) is 0 Å². The van der Waals surface area contributed by atoms with Gasteiger partial charge in [-0.2, -0.15) is 5.10 Å². The minimum atomic E-state index is -1.07. The van der Waals surface area contributed by atoms with Crippen LogP contribution in [0.4, 0.5) is 14.5 Å². The topological polar surface area (TPSA) is 89.0 Å². The molecule has 170 valence electrons. The minimum absolute atomic E-state index is 0.0212. The number of anilines is 1. The quantitative estimate of drug-likeness (QED) is 0.306. The second kappa shape index (κ2) is 11.4. The molecule has 0 aromatic heterocycles. The summed E-state index contributed by atoms with van der Waals surface area (Å²) < 4.78 is 38.6. The highest BCUT2D eigenvalue weighted by Gasteiger charge is 2.14. The summed E-state index contributed by atoms with van der Waals surface area (Å²) in [4.78, 5) is 23.8. The molecule has 2 N–H and O–H groups in total. The van der Waals surface area contributed by atoms with E-state index >= 15 is 0 Å². The van der Waals surface area contributed by atoms with Gasteiger partial charge in [-0.05, 0) is 48.9 Å². The van der Waals surface area contributed by atoms with Crippen molar-refractivity contribution < 1.29 is 27.8 Å². The highest BCUT2D eigenvalue weighted by atomic mass is 19.1. The van der Waals surface area contributed by atoms with E-state index in [9.17, 15) is 18.4 Å². The van der Waals surface area contributed by atoms with Gasteiger partial charge in [-0.15, -0.1) is 0 Å². The van der Waals surface area contributed by atoms with Crippen molar-refractivity contribution in [3.8, 4) is 11.5 Å². The summed E-state index contributed by atoms with van der Waals surface area (Å²) in [6.07, 6.45) is 1.30. The molecule has 0 saturated heterocycles. The van der Waals surface area contributed by atoms with Crippen molar-refractivity contribution in [2.45, 2.75) is 13.5 Å². The molecule has 0 aliphatic heterocycles. The number of para-hydroxylation sites is 1. The Bertz CT molecular complexity index is 1170. The van der Waals surface area contributed by atoms with Gasteiger partial charge in [0.15, 0.2) is 11.5 Å². The molecule has 0 fully saturated rings. The van der Waals surface area contributed by atoms with E-state index in [1.807, 2.05) is 0 Å². The van der Waals surface area contributed by atoms with Gasteiger partial charge in [-0.1, -0.05) is 30.3 Å². The molecule has 0 unspecified atom stereocenters. The third kappa shape index (κ3) is 6.60. The predicted molar refractivity (Wildman–Crippen MR) is 119 cm³/mol. The van der Waals surface area contributed by atoms with Gasteiger partial charge in [-0.3, -0.25) is 9.59 Å². The zero-order valence-corrected chi connectivity index (χ0v) is 17.7. The third-order valence-corrected chi connectivity index (χ3v) is 4.32. The average Bonchev–Trinajstić information content (AvgIpc) is 2.81. The van der Waals surface area contributed by atoms with Crippen LogP contribution in [0, 0.1) is 11.6 Å². The summed E-state index contributed by atoms with van der Waals surface area (Å²) in [6.45, 7) is 2.19. The van der Waals surface area contributed by atoms with Crippen molar-refractivity contribution in [2.24, 2.45) is 5.10 Å². The number of carbonyl (C=O) groups is 2. The van der Waals surface area contributed by atoms with Crippen LogP contribution in [0.25, 0.3) is 0 Å². The van der Waals surface area contributed by atoms with Crippen LogP contribution < -0.4 is 20.2 Å². The minimum Gasteiger partial charge on any atom is -0.490 e. The zero-order chi connectivity index (χ0) is 23.6. The predicted octanol–water partition coefficient (Wildman–Crippen LogP) is 4.03. The Labute approximate surface area is 189 Å². The van der Waals surface area contributed by atoms with Crippen LogP contribution in [0.1, 0.15) is 18.1 Å². The van der Waals surface area contributed by atoms with Gasteiger partial charge in [0.1, 0.15) is 18.2 Å². The molecule has 0 aliphatic carbocycles. The van der Waals surface area contributed by atoms with Gasteiger partial charge in [-0.25, -0.2) is 14.2 Å². The van der Waals surface area contributed by atoms with Crippen molar-refractivity contribution in [3.05, 3.63) is 89.5 Å². The SMILES string of the molecule is CCOc1cc(/C=N/NC(=O)C(=O)Nc2ccccc2F)ccc1OCc1ccccc1F. The van der Waals surface area contributed by atoms with E-state index in [2.05, 4.69) is 15.8 Å². The molecular formula is C24H21F2N3O4. The van der Waals surface area contributed by atoms with E-state index in [-0.39, 0.29) is 18.1 Å². The van der Waals surface area contributed by atoms with Crippen LogP contribution in [0.2, 0.25) is 0 Å². The Kier molecular flexibility index (Phi) is 8.07. The first-order valence-corrected chi connectivity index (χ1v) is 10.00. The highest BCUT2D eigenvalue weighted by Crippen LogP contribution is 2.29. The van der Waals surface area contributed by atoms with Gasteiger partial charge in [0.25, 0.3) is 0 Å². The van der Waals surface area contributed by atoms with Gasteiger partial charge < -0.3 is 14.8 Å². The van der Waals surface area contributed by atoms with Crippen molar-refractivity contribution in [2.75, 3.05) is 11.9 Å². The van der Waals surface area contributed by atoms with Crippen molar-refractivity contribution in [1.29, 1.82) is 0 Å². The molecule has 2 amide bonds. The molecule has 0 aliphatic rings. The number of benzene rings is 3. The molecule has 3 aromatic rings. The number of nitrogens with one attached hydrogen (secondary N) is 2. The van der Waals surface area contributed by atoms with E-state index in [1.165, 1.54) is 30.5 Å². The lowest BCUT2D eigenvalue weighted by Crippen LogP contribution is -2.32. The fourth-order valence-electron chi connectivity index (χ4n) is 2.72. The summed E-state index contributed by atoms with van der Waals surface area (Å²) >= 11 is 0. The molecule has 3 rings (SSSR count). The molecule has 7 nitrogen and oxygen atoms in total. The van der Waals surface area contributed by atoms with Gasteiger partial charge in [0, 0.05) is 5.56 Å². The molecule has 0 atom stereocenters. The molecule has 3 aromatic carbocycles. The van der Waals surface area contributed by atoms with Crippen LogP contribution in [-0.4, -0.2) is 24.6 Å². The second-order valence-corrected chi connectivity index (χ2v) is 6.65. The largest absolute Gasteiger partial charge is 0.490 e. The number of halogens is 2. The molecule has 0 saturated carbocycles. The first kappa shape index (κ1) is 23.4. The van der Waals surface area contributed by atoms with Crippen molar-refractivity contribution in [3.63, 3.8) is 0 Å². The van der Waals surface area contributed by atoms with E-state index in [0.717, 1.165) is 6.07 Å². The third-order valence-electron chi connectivity index (χ3n) is 4.32. The second-order valence-electron chi connectivity index (χ2n) is 6.65. The number of carbonyl (C=O) groups excluding carboxylic acids is 2. The van der Waals surface area contributed by atoms with Crippen LogP contribution >= 0.6 is 0 Å². The molecular weight excluding hydrogens is 432 g/mol. The maximum absolute atomic E-state index is 13.8. The lowest BCUT2D eigenvalue weighted by molar-refractivity contribution is -0.136. The Morgan fingerprint density at radius 1 is 0.909 bits per heavy atom. The summed E-state index contributed by atoms with van der Waals surface area (Å²) in [5.74, 6) is -2.35. The van der Waals surface area contributed by atoms with E-state index < -0.39 is 17.6 Å². The number of hydrazone groups is 1. The standard InChI is InChI=1S/C24H21F2N3O4/c1-2-32-22-13-16(11-12-21(22)33-15-17-7-3-4-8-18(17)25)14-27-29-24(31)23(30)28-20-10-6-5-9-19(20)26/h3-14H,2,15H2,1H3,(H,28,30)(H,29,31)/b27-14+. The Morgan fingerprint density at radius 3 is 2.36 bits per heavy atom. The van der Waals surface area contributed by atoms with E-state index in [1.54, 1.807) is 43.3 Å². The fraction of sp³-hybridized carbons (Fsp3) is 0.125. The van der Waals surface area contributed by atoms with Crippen molar-refractivity contribution >= 4 is 23.7 Å². The monoisotopic (exact) mass is 453 g/mol. The smallest absolute Gasteiger partial charge is 0.329 e. The molecule has 0 heterocycles. The van der Waals surface area contributed by atoms with Crippen LogP contribution in [-0.2, 0) is 16.2 Å². The maximum Gasteiger partial charge on any atom is 0.329 e. The molecule has 0 spiro atoms. The molecule has 9 heteroatoms. The van der Waals surface area contributed by atoms with Crippen molar-refractivity contribution in [1.82, 2.24) is 5.43 Å². The number of nitrogens with zero attached hydrogens (tertiary/aromatic N) is 1. The number of ether oxygens (including phenoxy) is 2. The van der Waals surface area contributed by atoms with Gasteiger partial charge in [0.05, 0.1) is 18.5 Å². The summed E-state index contributed by atoms with van der Waals surface area (Å²) in [5.41, 5.74) is 2.91. The summed E-state index contributed by atoms with van der Waals surface area (Å²) in [7, 11) is 0. The summed E-state index contributed by atoms with van der Waals surface area (Å²) in [5, 5.41) is 5.90. The lowest BCUT2D eigenvalue weighted by atomic mass is 10.2. The first-order valence-electron chi connectivity index (χ1n) is 10.00. The number of rotatable bonds is 8. The van der Waals surface area contributed by atoms with Crippen LogP contribution in [0.5, 0.6) is 11.5 Å². The molecule has 33 heavy (non-hydrogen) atoms. The summed E-state index contributed by atoms with van der Waals surface area (Å²) in [6, 6.07) is 16.7. The average molecular weight is 453 g/mol. The normalized spacial score (nSPS) is 10.6. The number of amides is 2. The van der Waals surface area contributed by atoms with E-state index in [4.69, 9.17) is 9.47 Å². The van der Waals surface area contributed by atoms with Crippen LogP contribution in [0.3, 0.4) is 0 Å². The Hall–Kier alpha value is -4.27. The Balaban J connectivity index is 1.61. The first-order chi connectivity index (χ1) is 16.0. The molecule has 0 bridgehead atoms. The number of hydrogen-bond donors (Lipinski definition) is 2. The number of hydrogen-bond acceptors (Lipinski definition) is 5. The van der Waals surface area contributed by atoms with Gasteiger partial charge >= 0.3 is 11.8 Å².